The van der Waals surface area contributed by atoms with E-state index in [0.29, 0.717) is 43.8 Å². The van der Waals surface area contributed by atoms with E-state index in [9.17, 15) is 9.59 Å². The van der Waals surface area contributed by atoms with Gasteiger partial charge in [0.1, 0.15) is 11.6 Å². The highest BCUT2D eigenvalue weighted by Gasteiger charge is 2.41. The van der Waals surface area contributed by atoms with Gasteiger partial charge in [-0.1, -0.05) is 12.1 Å². The lowest BCUT2D eigenvalue weighted by atomic mass is 10.0. The molecule has 8 heteroatoms. The van der Waals surface area contributed by atoms with Crippen LogP contribution in [0.4, 0.5) is 0 Å². The highest BCUT2D eigenvalue weighted by Crippen LogP contribution is 2.37. The van der Waals surface area contributed by atoms with Crippen molar-refractivity contribution in [2.75, 3.05) is 13.1 Å². The Labute approximate surface area is 162 Å². The van der Waals surface area contributed by atoms with Crippen molar-refractivity contribution in [3.05, 3.63) is 30.2 Å². The molecule has 1 N–H and O–H groups in total. The summed E-state index contributed by atoms with van der Waals surface area (Å²) in [7, 11) is 0. The molecule has 0 saturated carbocycles. The van der Waals surface area contributed by atoms with Crippen LogP contribution in [0.25, 0.3) is 11.1 Å². The summed E-state index contributed by atoms with van der Waals surface area (Å²) in [5.74, 6) is 2.74. The Hall–Kier alpha value is -3.21. The van der Waals surface area contributed by atoms with Crippen molar-refractivity contribution < 1.29 is 14.0 Å². The van der Waals surface area contributed by atoms with Crippen LogP contribution in [0.2, 0.25) is 0 Å². The number of para-hydroxylation sites is 2. The van der Waals surface area contributed by atoms with Gasteiger partial charge in [-0.2, -0.15) is 10.2 Å². The van der Waals surface area contributed by atoms with Gasteiger partial charge >= 0.3 is 0 Å². The van der Waals surface area contributed by atoms with E-state index >= 15 is 0 Å². The topological polar surface area (TPSA) is 100 Å². The van der Waals surface area contributed by atoms with E-state index in [1.165, 1.54) is 0 Å². The fourth-order valence-corrected chi connectivity index (χ4v) is 3.51. The molecule has 28 heavy (non-hydrogen) atoms. The molecule has 3 heterocycles. The largest absolute Gasteiger partial charge is 0.441 e. The predicted molar refractivity (Wildman–Crippen MR) is 101 cm³/mol. The van der Waals surface area contributed by atoms with Crippen LogP contribution in [0.3, 0.4) is 0 Å². The number of oxazole rings is 1. The zero-order chi connectivity index (χ0) is 19.6. The van der Waals surface area contributed by atoms with Crippen LogP contribution in [0.1, 0.15) is 31.6 Å². The van der Waals surface area contributed by atoms with Gasteiger partial charge < -0.3 is 14.6 Å². The Kier molecular flexibility index (Phi) is 4.82. The number of carbonyl (C=O) groups is 2. The van der Waals surface area contributed by atoms with Crippen LogP contribution in [0.5, 0.6) is 0 Å². The second kappa shape index (κ2) is 7.43. The Balaban J connectivity index is 1.43. The number of hydrogen-bond acceptors (Lipinski definition) is 6. The number of benzene rings is 1. The fourth-order valence-electron chi connectivity index (χ4n) is 3.51. The third-order valence-corrected chi connectivity index (χ3v) is 5.15. The highest BCUT2D eigenvalue weighted by molar-refractivity contribution is 5.89. The predicted octanol–water partition coefficient (Wildman–Crippen LogP) is 2.05. The number of amides is 2. The summed E-state index contributed by atoms with van der Waals surface area (Å²) >= 11 is 0. The molecule has 1 aromatic carbocycles. The van der Waals surface area contributed by atoms with E-state index < -0.39 is 11.7 Å². The molecule has 2 aliphatic rings. The first-order valence-electron chi connectivity index (χ1n) is 9.39. The van der Waals surface area contributed by atoms with Crippen LogP contribution in [-0.2, 0) is 16.0 Å². The molecule has 1 unspecified atom stereocenters. The molecule has 144 valence electrons. The van der Waals surface area contributed by atoms with Crippen molar-refractivity contribution in [2.24, 2.45) is 10.2 Å². The molecule has 0 bridgehead atoms. The number of rotatable bonds is 7. The Bertz CT molecular complexity index is 935. The van der Waals surface area contributed by atoms with E-state index in [2.05, 4.69) is 26.4 Å². The van der Waals surface area contributed by atoms with Crippen molar-refractivity contribution in [1.82, 2.24) is 15.2 Å². The zero-order valence-corrected chi connectivity index (χ0v) is 15.4. The Morgan fingerprint density at radius 1 is 1.36 bits per heavy atom. The van der Waals surface area contributed by atoms with Gasteiger partial charge in [0.15, 0.2) is 17.1 Å². The molecule has 1 saturated heterocycles. The van der Waals surface area contributed by atoms with Crippen molar-refractivity contribution in [2.45, 2.75) is 43.8 Å². The molecule has 0 radical (unpaired) electrons. The molecule has 4 rings (SSSR count). The van der Waals surface area contributed by atoms with Gasteiger partial charge in [0.25, 0.3) is 0 Å². The molecule has 1 aromatic heterocycles. The maximum atomic E-state index is 12.8. The van der Waals surface area contributed by atoms with E-state index in [4.69, 9.17) is 10.8 Å². The van der Waals surface area contributed by atoms with Crippen LogP contribution in [0.15, 0.2) is 38.9 Å². The second-order valence-corrected chi connectivity index (χ2v) is 7.06. The van der Waals surface area contributed by atoms with Crippen molar-refractivity contribution >= 4 is 22.9 Å². The Morgan fingerprint density at radius 3 is 2.93 bits per heavy atom. The first-order chi connectivity index (χ1) is 13.6. The lowest BCUT2D eigenvalue weighted by Gasteiger charge is -2.34. The molecule has 0 aliphatic carbocycles. The van der Waals surface area contributed by atoms with Crippen molar-refractivity contribution in [1.29, 1.82) is 0 Å². The lowest BCUT2D eigenvalue weighted by molar-refractivity contribution is -0.143. The smallest absolute Gasteiger partial charge is 0.243 e. The summed E-state index contributed by atoms with van der Waals surface area (Å²) < 4.78 is 5.74. The average Bonchev–Trinajstić information content (AvgIpc) is 3.36. The summed E-state index contributed by atoms with van der Waals surface area (Å²) in [6, 6.07) is 6.79. The van der Waals surface area contributed by atoms with Crippen molar-refractivity contribution in [3.63, 3.8) is 0 Å². The number of hydrogen-bond donors (Lipinski definition) is 1. The minimum Gasteiger partial charge on any atom is -0.441 e. The molecule has 1 atom stereocenters. The van der Waals surface area contributed by atoms with Gasteiger partial charge in [-0.15, -0.1) is 12.3 Å². The number of nitrogens with one attached hydrogen (secondary N) is 1. The van der Waals surface area contributed by atoms with E-state index in [0.717, 1.165) is 5.52 Å². The number of terminal acetylenes is 1. The summed E-state index contributed by atoms with van der Waals surface area (Å²) in [4.78, 5) is 31.3. The molecule has 0 spiro atoms. The minimum atomic E-state index is -0.635. The van der Waals surface area contributed by atoms with E-state index in [-0.39, 0.29) is 24.7 Å². The molecule has 8 nitrogen and oxygen atoms in total. The highest BCUT2D eigenvalue weighted by atomic mass is 16.3. The number of nitrogens with zero attached hydrogens (tertiary/aromatic N) is 4. The lowest BCUT2D eigenvalue weighted by Crippen LogP contribution is -2.58. The van der Waals surface area contributed by atoms with Crippen molar-refractivity contribution in [3.8, 4) is 12.3 Å². The quantitative estimate of drug-likeness (QED) is 0.744. The van der Waals surface area contributed by atoms with Crippen LogP contribution < -0.4 is 5.32 Å². The Morgan fingerprint density at radius 2 is 2.18 bits per heavy atom. The monoisotopic (exact) mass is 379 g/mol. The summed E-state index contributed by atoms with van der Waals surface area (Å²) in [5.41, 5.74) is 0.897. The molecular formula is C20H21N5O3. The van der Waals surface area contributed by atoms with Gasteiger partial charge in [-0.3, -0.25) is 9.59 Å². The standard InChI is InChI=1S/C20H21N5O3/c1-2-3-9-20(23-24-20)10-8-18(26)25-12-11-21-19(27)15(25)13-17-22-14-6-4-5-7-16(14)28-17/h1,4-7,15H,3,8-13H2,(H,21,27). The van der Waals surface area contributed by atoms with Gasteiger partial charge in [0.2, 0.25) is 11.8 Å². The summed E-state index contributed by atoms with van der Waals surface area (Å²) in [6.45, 7) is 0.896. The third kappa shape index (κ3) is 3.74. The number of carbonyl (C=O) groups excluding carboxylic acids is 2. The van der Waals surface area contributed by atoms with Crippen LogP contribution in [-0.4, -0.2) is 46.5 Å². The summed E-state index contributed by atoms with van der Waals surface area (Å²) in [6.07, 6.45) is 7.56. The van der Waals surface area contributed by atoms with Crippen LogP contribution >= 0.6 is 0 Å². The molecule has 2 aliphatic heterocycles. The first-order valence-corrected chi connectivity index (χ1v) is 9.39. The van der Waals surface area contributed by atoms with Gasteiger partial charge in [-0.05, 0) is 12.1 Å². The SMILES string of the molecule is C#CCCC1(CCC(=O)N2CCNC(=O)C2Cc2nc3ccccc3o2)N=N1. The zero-order valence-electron chi connectivity index (χ0n) is 15.4. The normalized spacial score (nSPS) is 20.0. The van der Waals surface area contributed by atoms with E-state index in [1.807, 2.05) is 24.3 Å². The van der Waals surface area contributed by atoms with Gasteiger partial charge in [-0.25, -0.2) is 4.98 Å². The minimum absolute atomic E-state index is 0.0895. The number of aromatic nitrogens is 1. The first kappa shape index (κ1) is 18.2. The van der Waals surface area contributed by atoms with Crippen LogP contribution in [0, 0.1) is 12.3 Å². The maximum Gasteiger partial charge on any atom is 0.243 e. The molecule has 2 amide bonds. The third-order valence-electron chi connectivity index (χ3n) is 5.15. The summed E-state index contributed by atoms with van der Waals surface area (Å²) in [5, 5.41) is 11.0. The van der Waals surface area contributed by atoms with E-state index in [1.54, 1.807) is 4.90 Å². The average molecular weight is 379 g/mol. The van der Waals surface area contributed by atoms with Gasteiger partial charge in [0.05, 0.1) is 6.42 Å². The number of piperazine rings is 1. The maximum absolute atomic E-state index is 12.8. The fraction of sp³-hybridized carbons (Fsp3) is 0.450. The number of fused-ring (bicyclic) bond motifs is 1. The second-order valence-electron chi connectivity index (χ2n) is 7.06. The van der Waals surface area contributed by atoms with Gasteiger partial charge in [0, 0.05) is 38.8 Å². The molecule has 2 aromatic rings. The molecular weight excluding hydrogens is 358 g/mol. The molecule has 1 fully saturated rings.